The lowest BCUT2D eigenvalue weighted by Gasteiger charge is -2.31. The molecule has 0 saturated heterocycles. The minimum absolute atomic E-state index is 0.168. The Bertz CT molecular complexity index is 753. The average molecular weight is 421 g/mol. The van der Waals surface area contributed by atoms with E-state index in [-0.39, 0.29) is 11.9 Å². The van der Waals surface area contributed by atoms with Crippen LogP contribution in [0.2, 0.25) is 0 Å². The predicted molar refractivity (Wildman–Crippen MR) is 114 cm³/mol. The van der Waals surface area contributed by atoms with Crippen LogP contribution in [0.5, 0.6) is 0 Å². The van der Waals surface area contributed by atoms with Crippen LogP contribution in [0.4, 0.5) is 5.00 Å². The molecule has 0 saturated carbocycles. The number of amides is 1. The lowest BCUT2D eigenvalue weighted by molar-refractivity contribution is -0.159. The first-order valence-electron chi connectivity index (χ1n) is 9.30. The Kier molecular flexibility index (Phi) is 10.6. The second-order valence-corrected chi connectivity index (χ2v) is 7.45. The monoisotopic (exact) mass is 420 g/mol. The second kappa shape index (κ2) is 12.7. The van der Waals surface area contributed by atoms with E-state index in [0.29, 0.717) is 6.42 Å². The average Bonchev–Trinajstić information content (AvgIpc) is 3.21. The van der Waals surface area contributed by atoms with Crippen LogP contribution >= 0.6 is 11.3 Å². The van der Waals surface area contributed by atoms with Crippen LogP contribution in [-0.2, 0) is 20.8 Å². The van der Waals surface area contributed by atoms with Gasteiger partial charge in [0.15, 0.2) is 0 Å². The van der Waals surface area contributed by atoms with E-state index in [4.69, 9.17) is 19.8 Å². The van der Waals surface area contributed by atoms with E-state index >= 15 is 0 Å². The van der Waals surface area contributed by atoms with Crippen LogP contribution in [0.3, 0.4) is 0 Å². The summed E-state index contributed by atoms with van der Waals surface area (Å²) in [7, 11) is 2.13. The summed E-state index contributed by atoms with van der Waals surface area (Å²) in [6, 6.07) is 14.7. The second-order valence-electron chi connectivity index (χ2n) is 6.53. The number of carbonyl (C=O) groups is 3. The summed E-state index contributed by atoms with van der Waals surface area (Å²) in [5.74, 6) is -3.46. The first-order chi connectivity index (χ1) is 13.8. The molecule has 1 unspecified atom stereocenters. The number of thiophene rings is 1. The highest BCUT2D eigenvalue weighted by Gasteiger charge is 2.22. The molecule has 29 heavy (non-hydrogen) atoms. The number of anilines is 1. The third-order valence-electron chi connectivity index (χ3n) is 4.14. The van der Waals surface area contributed by atoms with Crippen molar-refractivity contribution in [2.75, 3.05) is 25.0 Å². The van der Waals surface area contributed by atoms with Crippen LogP contribution in [0.1, 0.15) is 25.8 Å². The van der Waals surface area contributed by atoms with Crippen LogP contribution in [0.15, 0.2) is 47.8 Å². The zero-order valence-corrected chi connectivity index (χ0v) is 17.8. The van der Waals surface area contributed by atoms with Crippen molar-refractivity contribution in [1.82, 2.24) is 4.90 Å². The van der Waals surface area contributed by atoms with Crippen molar-refractivity contribution in [1.29, 1.82) is 0 Å². The Labute approximate surface area is 175 Å². The molecule has 7 nitrogen and oxygen atoms in total. The Morgan fingerprint density at radius 3 is 2.14 bits per heavy atom. The topological polar surface area (TPSA) is 98.2 Å². The maximum Gasteiger partial charge on any atom is 0.414 e. The molecule has 0 radical (unpaired) electrons. The van der Waals surface area contributed by atoms with E-state index < -0.39 is 11.9 Å². The largest absolute Gasteiger partial charge is 0.473 e. The molecule has 2 rings (SSSR count). The standard InChI is InChI=1S/C19H26N2OS.C2H2O4/c1-4-18(22)21(19-11-8-14-23-19)16(2)15-20(3)13-12-17-9-6-5-7-10-17;3-1(4)2(5)6/h5-11,14,16H,4,12-13,15H2,1-3H3;(H,3,4)(H,5,6). The van der Waals surface area contributed by atoms with Gasteiger partial charge in [-0.2, -0.15) is 0 Å². The Balaban J connectivity index is 0.000000612. The number of carboxylic acids is 2. The van der Waals surface area contributed by atoms with Crippen LogP contribution < -0.4 is 4.90 Å². The summed E-state index contributed by atoms with van der Waals surface area (Å²) in [4.78, 5) is 34.8. The van der Waals surface area contributed by atoms with Gasteiger partial charge in [0.25, 0.3) is 0 Å². The fourth-order valence-corrected chi connectivity index (χ4v) is 3.60. The molecule has 0 spiro atoms. The minimum Gasteiger partial charge on any atom is -0.473 e. The molecule has 1 heterocycles. The molecule has 1 atom stereocenters. The van der Waals surface area contributed by atoms with E-state index in [9.17, 15) is 4.79 Å². The van der Waals surface area contributed by atoms with Crippen molar-refractivity contribution >= 4 is 34.2 Å². The molecule has 1 aromatic carbocycles. The lowest BCUT2D eigenvalue weighted by Crippen LogP contribution is -2.44. The zero-order valence-electron chi connectivity index (χ0n) is 16.9. The van der Waals surface area contributed by atoms with Gasteiger partial charge < -0.3 is 15.1 Å². The summed E-state index contributed by atoms with van der Waals surface area (Å²) in [5, 5.41) is 17.8. The molecule has 1 amide bonds. The highest BCUT2D eigenvalue weighted by atomic mass is 32.1. The van der Waals surface area contributed by atoms with Gasteiger partial charge in [0, 0.05) is 25.6 Å². The number of benzene rings is 1. The highest BCUT2D eigenvalue weighted by molar-refractivity contribution is 7.14. The normalized spacial score (nSPS) is 11.3. The quantitative estimate of drug-likeness (QED) is 0.637. The maximum absolute atomic E-state index is 12.3. The van der Waals surface area contributed by atoms with Gasteiger partial charge in [0.2, 0.25) is 5.91 Å². The first kappa shape index (κ1) is 24.3. The summed E-state index contributed by atoms with van der Waals surface area (Å²) < 4.78 is 0. The number of hydrogen-bond acceptors (Lipinski definition) is 5. The van der Waals surface area contributed by atoms with Gasteiger partial charge in [0.1, 0.15) is 0 Å². The van der Waals surface area contributed by atoms with Crippen molar-refractivity contribution in [3.8, 4) is 0 Å². The van der Waals surface area contributed by atoms with Crippen LogP contribution in [0.25, 0.3) is 0 Å². The van der Waals surface area contributed by atoms with Crippen molar-refractivity contribution < 1.29 is 24.6 Å². The van der Waals surface area contributed by atoms with Crippen molar-refractivity contribution in [2.45, 2.75) is 32.7 Å². The molecular weight excluding hydrogens is 392 g/mol. The van der Waals surface area contributed by atoms with Gasteiger partial charge in [-0.05, 0) is 43.5 Å². The van der Waals surface area contributed by atoms with Crippen molar-refractivity contribution in [3.05, 3.63) is 53.4 Å². The molecule has 0 aliphatic rings. The smallest absolute Gasteiger partial charge is 0.414 e. The Morgan fingerprint density at radius 1 is 1.03 bits per heavy atom. The number of nitrogens with zero attached hydrogens (tertiary/aromatic N) is 2. The number of likely N-dealkylation sites (N-methyl/N-ethyl adjacent to an activating group) is 1. The molecule has 2 aromatic rings. The molecule has 158 valence electrons. The molecule has 2 N–H and O–H groups in total. The summed E-state index contributed by atoms with van der Waals surface area (Å²) >= 11 is 1.63. The van der Waals surface area contributed by atoms with Crippen LogP contribution in [-0.4, -0.2) is 59.1 Å². The Hall–Kier alpha value is -2.71. The molecular formula is C21H28N2O5S. The SMILES string of the molecule is CCC(=O)N(c1cccs1)C(C)CN(C)CCc1ccccc1.O=C(O)C(=O)O. The lowest BCUT2D eigenvalue weighted by atomic mass is 10.1. The third-order valence-corrected chi connectivity index (χ3v) is 5.01. The van der Waals surface area contributed by atoms with E-state index in [2.05, 4.69) is 43.1 Å². The number of carboxylic acid groups (broad SMARTS) is 2. The highest BCUT2D eigenvalue weighted by Crippen LogP contribution is 2.24. The van der Waals surface area contributed by atoms with E-state index in [0.717, 1.165) is 24.5 Å². The van der Waals surface area contributed by atoms with Gasteiger partial charge >= 0.3 is 11.9 Å². The summed E-state index contributed by atoms with van der Waals surface area (Å²) in [6.45, 7) is 5.92. The summed E-state index contributed by atoms with van der Waals surface area (Å²) in [5.41, 5.74) is 1.35. The third kappa shape index (κ3) is 8.89. The number of carbonyl (C=O) groups excluding carboxylic acids is 1. The molecule has 0 aliphatic carbocycles. The van der Waals surface area contributed by atoms with Crippen molar-refractivity contribution in [3.63, 3.8) is 0 Å². The molecule has 0 aliphatic heterocycles. The van der Waals surface area contributed by atoms with Gasteiger partial charge in [-0.15, -0.1) is 11.3 Å². The zero-order chi connectivity index (χ0) is 21.8. The van der Waals surface area contributed by atoms with Crippen LogP contribution in [0, 0.1) is 0 Å². The fourth-order valence-electron chi connectivity index (χ4n) is 2.75. The number of hydrogen-bond donors (Lipinski definition) is 2. The molecule has 0 fully saturated rings. The van der Waals surface area contributed by atoms with E-state index in [1.807, 2.05) is 35.4 Å². The van der Waals surface area contributed by atoms with Gasteiger partial charge in [-0.1, -0.05) is 37.3 Å². The van der Waals surface area contributed by atoms with Gasteiger partial charge in [0.05, 0.1) is 5.00 Å². The van der Waals surface area contributed by atoms with E-state index in [1.165, 1.54) is 5.56 Å². The molecule has 0 bridgehead atoms. The Morgan fingerprint density at radius 2 is 1.66 bits per heavy atom. The fraction of sp³-hybridized carbons (Fsp3) is 0.381. The first-order valence-corrected chi connectivity index (χ1v) is 10.2. The minimum atomic E-state index is -1.82. The number of aliphatic carboxylic acids is 2. The van der Waals surface area contributed by atoms with Crippen molar-refractivity contribution in [2.24, 2.45) is 0 Å². The predicted octanol–water partition coefficient (Wildman–Crippen LogP) is 3.21. The number of rotatable bonds is 8. The van der Waals surface area contributed by atoms with Gasteiger partial charge in [-0.3, -0.25) is 9.69 Å². The van der Waals surface area contributed by atoms with E-state index in [1.54, 1.807) is 11.3 Å². The molecule has 1 aromatic heterocycles. The molecule has 8 heteroatoms. The van der Waals surface area contributed by atoms with Gasteiger partial charge in [-0.25, -0.2) is 9.59 Å². The maximum atomic E-state index is 12.3. The summed E-state index contributed by atoms with van der Waals surface area (Å²) in [6.07, 6.45) is 1.57.